The third-order valence-electron chi connectivity index (χ3n) is 3.65. The van der Waals surface area contributed by atoms with Gasteiger partial charge in [-0.2, -0.15) is 0 Å². The Bertz CT molecular complexity index is 754. The zero-order chi connectivity index (χ0) is 15.1. The zero-order valence-electron chi connectivity index (χ0n) is 11.7. The number of benzene rings is 1. The maximum absolute atomic E-state index is 12.3. The first-order chi connectivity index (χ1) is 9.99. The highest BCUT2D eigenvalue weighted by Crippen LogP contribution is 2.35. The SMILES string of the molecule is Cc1ccc(C)c2c1C(=O)C(=O)N2Cc1ccc(Cl)nc1. The van der Waals surface area contributed by atoms with Crippen molar-refractivity contribution in [1.29, 1.82) is 0 Å². The molecule has 106 valence electrons. The molecule has 0 unspecified atom stereocenters. The number of hydrogen-bond acceptors (Lipinski definition) is 3. The van der Waals surface area contributed by atoms with Crippen molar-refractivity contribution in [2.24, 2.45) is 0 Å². The molecule has 2 heterocycles. The van der Waals surface area contributed by atoms with Crippen molar-refractivity contribution in [3.05, 3.63) is 57.9 Å². The van der Waals surface area contributed by atoms with Gasteiger partial charge in [0.15, 0.2) is 0 Å². The van der Waals surface area contributed by atoms with Crippen LogP contribution in [0, 0.1) is 13.8 Å². The highest BCUT2D eigenvalue weighted by Gasteiger charge is 2.38. The largest absolute Gasteiger partial charge is 0.300 e. The number of aryl methyl sites for hydroxylation is 2. The lowest BCUT2D eigenvalue weighted by Gasteiger charge is -2.18. The van der Waals surface area contributed by atoms with Crippen LogP contribution in [0.2, 0.25) is 5.15 Å². The Labute approximate surface area is 127 Å². The molecule has 1 aliphatic rings. The first-order valence-electron chi connectivity index (χ1n) is 6.56. The van der Waals surface area contributed by atoms with Gasteiger partial charge in [-0.15, -0.1) is 0 Å². The molecule has 1 aromatic heterocycles. The van der Waals surface area contributed by atoms with Crippen LogP contribution >= 0.6 is 11.6 Å². The summed E-state index contributed by atoms with van der Waals surface area (Å²) in [5.41, 5.74) is 3.79. The Morgan fingerprint density at radius 2 is 1.81 bits per heavy atom. The second-order valence-electron chi connectivity index (χ2n) is 5.13. The smallest absolute Gasteiger partial charge is 0.299 e. The lowest BCUT2D eigenvalue weighted by atomic mass is 10.0. The van der Waals surface area contributed by atoms with Crippen molar-refractivity contribution in [3.63, 3.8) is 0 Å². The van der Waals surface area contributed by atoms with Gasteiger partial charge in [0.2, 0.25) is 0 Å². The third-order valence-corrected chi connectivity index (χ3v) is 3.88. The number of amides is 1. The van der Waals surface area contributed by atoms with Gasteiger partial charge in [-0.1, -0.05) is 29.8 Å². The number of ketones is 1. The Morgan fingerprint density at radius 1 is 1.10 bits per heavy atom. The third kappa shape index (κ3) is 2.21. The quantitative estimate of drug-likeness (QED) is 0.632. The lowest BCUT2D eigenvalue weighted by Crippen LogP contribution is -2.29. The summed E-state index contributed by atoms with van der Waals surface area (Å²) in [6, 6.07) is 7.26. The molecule has 0 saturated heterocycles. The average molecular weight is 301 g/mol. The summed E-state index contributed by atoms with van der Waals surface area (Å²) in [6.07, 6.45) is 1.61. The number of anilines is 1. The topological polar surface area (TPSA) is 50.3 Å². The molecule has 0 saturated carbocycles. The molecule has 2 aromatic rings. The predicted molar refractivity (Wildman–Crippen MR) is 80.7 cm³/mol. The summed E-state index contributed by atoms with van der Waals surface area (Å²) in [6.45, 7) is 4.06. The van der Waals surface area contributed by atoms with E-state index in [4.69, 9.17) is 11.6 Å². The van der Waals surface area contributed by atoms with Gasteiger partial charge in [0.25, 0.3) is 11.7 Å². The summed E-state index contributed by atoms with van der Waals surface area (Å²) >= 11 is 5.76. The molecule has 3 rings (SSSR count). The zero-order valence-corrected chi connectivity index (χ0v) is 12.4. The highest BCUT2D eigenvalue weighted by molar-refractivity contribution is 6.52. The monoisotopic (exact) mass is 300 g/mol. The van der Waals surface area contributed by atoms with E-state index in [1.54, 1.807) is 18.3 Å². The van der Waals surface area contributed by atoms with E-state index in [9.17, 15) is 9.59 Å². The molecular weight excluding hydrogens is 288 g/mol. The summed E-state index contributed by atoms with van der Waals surface area (Å²) < 4.78 is 0. The van der Waals surface area contributed by atoms with E-state index in [2.05, 4.69) is 4.98 Å². The number of carbonyl (C=O) groups is 2. The number of fused-ring (bicyclic) bond motifs is 1. The van der Waals surface area contributed by atoms with E-state index >= 15 is 0 Å². The number of Topliss-reactive ketones (excluding diaryl/α,β-unsaturated/α-hetero) is 1. The van der Waals surface area contributed by atoms with Crippen LogP contribution in [0.3, 0.4) is 0 Å². The minimum absolute atomic E-state index is 0.312. The fourth-order valence-electron chi connectivity index (χ4n) is 2.60. The van der Waals surface area contributed by atoms with Gasteiger partial charge in [-0.25, -0.2) is 4.98 Å². The lowest BCUT2D eigenvalue weighted by molar-refractivity contribution is -0.114. The molecule has 1 aliphatic heterocycles. The van der Waals surface area contributed by atoms with E-state index in [0.717, 1.165) is 16.7 Å². The molecule has 0 spiro atoms. The summed E-state index contributed by atoms with van der Waals surface area (Å²) in [4.78, 5) is 30.0. The second-order valence-corrected chi connectivity index (χ2v) is 5.52. The molecule has 1 amide bonds. The minimum atomic E-state index is -0.489. The van der Waals surface area contributed by atoms with Gasteiger partial charge in [-0.05, 0) is 36.6 Å². The number of carbonyl (C=O) groups excluding carboxylic acids is 2. The van der Waals surface area contributed by atoms with E-state index in [-0.39, 0.29) is 0 Å². The summed E-state index contributed by atoms with van der Waals surface area (Å²) in [7, 11) is 0. The second kappa shape index (κ2) is 4.97. The minimum Gasteiger partial charge on any atom is -0.300 e. The first kappa shape index (κ1) is 13.8. The molecule has 1 aromatic carbocycles. The fraction of sp³-hybridized carbons (Fsp3) is 0.188. The normalized spacial score (nSPS) is 13.8. The van der Waals surface area contributed by atoms with Crippen LogP contribution in [0.15, 0.2) is 30.5 Å². The molecule has 4 nitrogen and oxygen atoms in total. The summed E-state index contributed by atoms with van der Waals surface area (Å²) in [5.74, 6) is -0.925. The maximum atomic E-state index is 12.3. The molecule has 0 atom stereocenters. The number of rotatable bonds is 2. The van der Waals surface area contributed by atoms with Crippen molar-refractivity contribution in [1.82, 2.24) is 4.98 Å². The van der Waals surface area contributed by atoms with Crippen LogP contribution < -0.4 is 4.90 Å². The molecule has 0 radical (unpaired) electrons. The maximum Gasteiger partial charge on any atom is 0.299 e. The fourth-order valence-corrected chi connectivity index (χ4v) is 2.71. The van der Waals surface area contributed by atoms with E-state index in [1.165, 1.54) is 4.90 Å². The Kier molecular flexibility index (Phi) is 3.26. The van der Waals surface area contributed by atoms with Crippen molar-refractivity contribution < 1.29 is 9.59 Å². The molecule has 0 fully saturated rings. The Morgan fingerprint density at radius 3 is 2.48 bits per heavy atom. The van der Waals surface area contributed by atoms with Gasteiger partial charge in [-0.3, -0.25) is 14.5 Å². The van der Waals surface area contributed by atoms with Crippen LogP contribution in [-0.4, -0.2) is 16.7 Å². The van der Waals surface area contributed by atoms with Gasteiger partial charge >= 0.3 is 0 Å². The first-order valence-corrected chi connectivity index (χ1v) is 6.93. The van der Waals surface area contributed by atoms with Crippen LogP contribution in [0.5, 0.6) is 0 Å². The van der Waals surface area contributed by atoms with E-state index in [0.29, 0.717) is 22.9 Å². The Balaban J connectivity index is 2.05. The van der Waals surface area contributed by atoms with E-state index < -0.39 is 11.7 Å². The van der Waals surface area contributed by atoms with Crippen LogP contribution in [0.25, 0.3) is 0 Å². The van der Waals surface area contributed by atoms with Gasteiger partial charge < -0.3 is 0 Å². The highest BCUT2D eigenvalue weighted by atomic mass is 35.5. The van der Waals surface area contributed by atoms with Crippen LogP contribution in [-0.2, 0) is 11.3 Å². The molecule has 0 aliphatic carbocycles. The van der Waals surface area contributed by atoms with Gasteiger partial charge in [0.05, 0.1) is 17.8 Å². The molecule has 5 heteroatoms. The van der Waals surface area contributed by atoms with Crippen molar-refractivity contribution in [2.75, 3.05) is 4.90 Å². The summed E-state index contributed by atoms with van der Waals surface area (Å²) in [5, 5.41) is 0.398. The van der Waals surface area contributed by atoms with Crippen molar-refractivity contribution in [2.45, 2.75) is 20.4 Å². The van der Waals surface area contributed by atoms with Crippen molar-refractivity contribution in [3.8, 4) is 0 Å². The molecule has 21 heavy (non-hydrogen) atoms. The van der Waals surface area contributed by atoms with Gasteiger partial charge in [0, 0.05) is 6.20 Å². The predicted octanol–water partition coefficient (Wildman–Crippen LogP) is 3.08. The molecule has 0 N–H and O–H groups in total. The number of hydrogen-bond donors (Lipinski definition) is 0. The molecular formula is C16H13ClN2O2. The molecule has 0 bridgehead atoms. The number of aromatic nitrogens is 1. The Hall–Kier alpha value is -2.20. The van der Waals surface area contributed by atoms with Crippen molar-refractivity contribution >= 4 is 29.0 Å². The number of nitrogens with zero attached hydrogens (tertiary/aromatic N) is 2. The van der Waals surface area contributed by atoms with Gasteiger partial charge in [0.1, 0.15) is 5.15 Å². The van der Waals surface area contributed by atoms with E-state index in [1.807, 2.05) is 26.0 Å². The van der Waals surface area contributed by atoms with Crippen LogP contribution in [0.1, 0.15) is 27.0 Å². The number of halogens is 1. The standard InChI is InChI=1S/C16H13ClN2O2/c1-9-3-4-10(2)14-13(9)15(20)16(21)19(14)8-11-5-6-12(17)18-7-11/h3-7H,8H2,1-2H3. The number of pyridine rings is 1. The average Bonchev–Trinajstić information content (AvgIpc) is 2.71. The van der Waals surface area contributed by atoms with Crippen LogP contribution in [0.4, 0.5) is 5.69 Å².